The zero-order chi connectivity index (χ0) is 40.8. The molecule has 0 aliphatic carbocycles. The highest BCUT2D eigenvalue weighted by molar-refractivity contribution is 7.46. The predicted molar refractivity (Wildman–Crippen MR) is 220 cm³/mol. The largest absolute Gasteiger partial charge is 0.469 e. The van der Waals surface area contributed by atoms with E-state index in [1.54, 1.807) is 42.5 Å². The van der Waals surface area contributed by atoms with Gasteiger partial charge < -0.3 is 34.6 Å². The van der Waals surface area contributed by atoms with E-state index < -0.39 is 57.4 Å². The molecule has 4 atom stereocenters. The summed E-state index contributed by atoms with van der Waals surface area (Å²) in [6, 6.07) is 0. The van der Waals surface area contributed by atoms with Gasteiger partial charge in [-0.05, 0) is 64.2 Å². The molecule has 0 aliphatic heterocycles. The zero-order valence-corrected chi connectivity index (χ0v) is 33.7. The molecule has 0 aliphatic rings. The van der Waals surface area contributed by atoms with Crippen LogP contribution in [0.2, 0.25) is 0 Å². The lowest BCUT2D eigenvalue weighted by molar-refractivity contribution is -0.161. The molecule has 11 nitrogen and oxygen atoms in total. The molecule has 0 fully saturated rings. The van der Waals surface area contributed by atoms with E-state index in [0.717, 1.165) is 57.8 Å². The van der Waals surface area contributed by atoms with Crippen LogP contribution in [0, 0.1) is 0 Å². The lowest BCUT2D eigenvalue weighted by Crippen LogP contribution is -2.29. The standard InChI is InChI=1S/C43H67O11P/c1-3-5-7-8-9-10-11-12-13-14-15-16-17-18-19-24-28-34-43(48)54-39(37-53-55(49,50)51)36-52-42(47)35-29-33-41(46)40(45)32-27-23-21-20-22-26-31-38(44)30-25-6-4-2/h5,7,9-10,12-13,15-16,18-23,26-27,31-32,38-41,44-46H,3-4,6,8,11,14,17,24-25,28-30,33-37H2,1-2H3,(H2,49,50,51)/b7-5-,10-9-,13-12-,16-15-,19-18-,22-20-,23-21+,31-26+,32-27+/t38-,39-,40-,41-/m1/s1. The molecule has 0 spiro atoms. The summed E-state index contributed by atoms with van der Waals surface area (Å²) in [5.74, 6) is -1.30. The Bertz CT molecular complexity index is 1300. The predicted octanol–water partition coefficient (Wildman–Crippen LogP) is 8.53. The van der Waals surface area contributed by atoms with Crippen LogP contribution in [0.1, 0.15) is 110 Å². The van der Waals surface area contributed by atoms with Crippen molar-refractivity contribution in [2.75, 3.05) is 13.2 Å². The van der Waals surface area contributed by atoms with Gasteiger partial charge in [-0.15, -0.1) is 0 Å². The second-order valence-electron chi connectivity index (χ2n) is 12.7. The molecule has 0 bridgehead atoms. The Morgan fingerprint density at radius 1 is 0.618 bits per heavy atom. The molecule has 5 N–H and O–H groups in total. The van der Waals surface area contributed by atoms with Gasteiger partial charge in [0.25, 0.3) is 0 Å². The number of esters is 2. The van der Waals surface area contributed by atoms with E-state index in [0.29, 0.717) is 12.8 Å². The van der Waals surface area contributed by atoms with Gasteiger partial charge in [-0.1, -0.05) is 142 Å². The number of rotatable bonds is 33. The van der Waals surface area contributed by atoms with E-state index in [2.05, 4.69) is 67.0 Å². The summed E-state index contributed by atoms with van der Waals surface area (Å²) < 4.78 is 26.1. The van der Waals surface area contributed by atoms with Gasteiger partial charge >= 0.3 is 19.8 Å². The van der Waals surface area contributed by atoms with Gasteiger partial charge in [0, 0.05) is 12.8 Å². The number of aliphatic hydroxyl groups is 3. The molecule has 0 saturated carbocycles. The number of ether oxygens (including phenoxy) is 2. The van der Waals surface area contributed by atoms with Crippen molar-refractivity contribution in [3.05, 3.63) is 109 Å². The molecule has 0 aromatic rings. The van der Waals surface area contributed by atoms with Crippen molar-refractivity contribution in [2.45, 2.75) is 135 Å². The van der Waals surface area contributed by atoms with Gasteiger partial charge in [-0.2, -0.15) is 0 Å². The SMILES string of the molecule is CC/C=C\C/C=C\C/C=C\C/C=C\C/C=C\CCCC(=O)O[C@H](COC(=O)CCC[C@@H](O)[C@H](O)/C=C/C=C/C=C\C=C\[C@H](O)CCCCC)COP(=O)(O)O. The highest BCUT2D eigenvalue weighted by atomic mass is 31.2. The van der Waals surface area contributed by atoms with Crippen molar-refractivity contribution in [2.24, 2.45) is 0 Å². The Kier molecular flexibility index (Phi) is 34.0. The van der Waals surface area contributed by atoms with Crippen molar-refractivity contribution in [1.29, 1.82) is 0 Å². The van der Waals surface area contributed by atoms with Crippen molar-refractivity contribution in [3.8, 4) is 0 Å². The van der Waals surface area contributed by atoms with Crippen LogP contribution in [0.4, 0.5) is 0 Å². The average molecular weight is 791 g/mol. The fraction of sp³-hybridized carbons (Fsp3) is 0.535. The van der Waals surface area contributed by atoms with Gasteiger partial charge in [0.2, 0.25) is 0 Å². The third-order valence-electron chi connectivity index (χ3n) is 7.64. The second kappa shape index (κ2) is 36.2. The van der Waals surface area contributed by atoms with Crippen molar-refractivity contribution in [3.63, 3.8) is 0 Å². The quantitative estimate of drug-likeness (QED) is 0.0141. The maximum Gasteiger partial charge on any atom is 0.469 e. The summed E-state index contributed by atoms with van der Waals surface area (Å²) in [5.41, 5.74) is 0. The number of unbranched alkanes of at least 4 members (excludes halogenated alkanes) is 3. The summed E-state index contributed by atoms with van der Waals surface area (Å²) in [6.07, 6.45) is 40.4. The van der Waals surface area contributed by atoms with Crippen LogP contribution in [-0.2, 0) is 28.2 Å². The first-order valence-corrected chi connectivity index (χ1v) is 21.0. The fourth-order valence-corrected chi connectivity index (χ4v) is 4.97. The normalized spacial score (nSPS) is 15.4. The Morgan fingerprint density at radius 2 is 1.16 bits per heavy atom. The van der Waals surface area contributed by atoms with Crippen molar-refractivity contribution >= 4 is 19.8 Å². The van der Waals surface area contributed by atoms with E-state index in [1.807, 2.05) is 12.2 Å². The molecule has 0 aromatic carbocycles. The number of phosphoric acid groups is 1. The molecule has 0 heterocycles. The molecule has 0 radical (unpaired) electrons. The molecular formula is C43H67O11P. The minimum absolute atomic E-state index is 0.0530. The van der Waals surface area contributed by atoms with Gasteiger partial charge in [-0.3, -0.25) is 14.1 Å². The smallest absolute Gasteiger partial charge is 0.462 e. The van der Waals surface area contributed by atoms with Crippen LogP contribution in [0.15, 0.2) is 109 Å². The number of hydrogen-bond acceptors (Lipinski definition) is 9. The topological polar surface area (TPSA) is 180 Å². The summed E-state index contributed by atoms with van der Waals surface area (Å²) in [4.78, 5) is 42.8. The summed E-state index contributed by atoms with van der Waals surface area (Å²) in [6.45, 7) is 3.10. The van der Waals surface area contributed by atoms with E-state index >= 15 is 0 Å². The number of aliphatic hydroxyl groups excluding tert-OH is 3. The number of phosphoric ester groups is 1. The Balaban J connectivity index is 4.42. The highest BCUT2D eigenvalue weighted by Crippen LogP contribution is 2.36. The fourth-order valence-electron chi connectivity index (χ4n) is 4.61. The number of allylic oxidation sites excluding steroid dienone is 16. The lowest BCUT2D eigenvalue weighted by Gasteiger charge is -2.18. The Labute approximate surface area is 329 Å². The van der Waals surface area contributed by atoms with Gasteiger partial charge in [0.15, 0.2) is 6.10 Å². The van der Waals surface area contributed by atoms with Crippen LogP contribution in [0.25, 0.3) is 0 Å². The van der Waals surface area contributed by atoms with Crippen LogP contribution < -0.4 is 0 Å². The van der Waals surface area contributed by atoms with Crippen molar-refractivity contribution in [1.82, 2.24) is 0 Å². The molecule has 0 aromatic heterocycles. The summed E-state index contributed by atoms with van der Waals surface area (Å²) in [5, 5.41) is 30.3. The van der Waals surface area contributed by atoms with Crippen LogP contribution in [0.5, 0.6) is 0 Å². The minimum atomic E-state index is -4.86. The van der Waals surface area contributed by atoms with Crippen LogP contribution in [-0.4, -0.2) is 74.7 Å². The van der Waals surface area contributed by atoms with E-state index in [4.69, 9.17) is 19.3 Å². The molecule has 12 heteroatoms. The molecule has 0 unspecified atom stereocenters. The molecule has 310 valence electrons. The third-order valence-corrected chi connectivity index (χ3v) is 8.13. The van der Waals surface area contributed by atoms with Crippen LogP contribution >= 0.6 is 7.82 Å². The van der Waals surface area contributed by atoms with Gasteiger partial charge in [-0.25, -0.2) is 4.57 Å². The van der Waals surface area contributed by atoms with Gasteiger partial charge in [0.1, 0.15) is 6.61 Å². The average Bonchev–Trinajstić information content (AvgIpc) is 3.14. The van der Waals surface area contributed by atoms with Crippen LogP contribution in [0.3, 0.4) is 0 Å². The van der Waals surface area contributed by atoms with E-state index in [1.165, 1.54) is 6.08 Å². The molecular weight excluding hydrogens is 723 g/mol. The molecule has 0 rings (SSSR count). The Hall–Kier alpha value is -3.41. The lowest BCUT2D eigenvalue weighted by atomic mass is 10.1. The molecule has 0 saturated heterocycles. The van der Waals surface area contributed by atoms with Gasteiger partial charge in [0.05, 0.1) is 24.9 Å². The Morgan fingerprint density at radius 3 is 1.75 bits per heavy atom. The number of hydrogen-bond donors (Lipinski definition) is 5. The zero-order valence-electron chi connectivity index (χ0n) is 32.9. The van der Waals surface area contributed by atoms with E-state index in [-0.39, 0.29) is 25.7 Å². The summed E-state index contributed by atoms with van der Waals surface area (Å²) in [7, 11) is -4.86. The maximum atomic E-state index is 12.4. The van der Waals surface area contributed by atoms with E-state index in [9.17, 15) is 29.5 Å². The third kappa shape index (κ3) is 37.3. The number of carbonyl (C=O) groups excluding carboxylic acids is 2. The first kappa shape index (κ1) is 51.6. The van der Waals surface area contributed by atoms with Crippen molar-refractivity contribution < 1.29 is 53.3 Å². The number of carbonyl (C=O) groups is 2. The second-order valence-corrected chi connectivity index (χ2v) is 14.0. The first-order valence-electron chi connectivity index (χ1n) is 19.5. The molecule has 55 heavy (non-hydrogen) atoms. The molecule has 0 amide bonds. The monoisotopic (exact) mass is 790 g/mol. The maximum absolute atomic E-state index is 12.4. The minimum Gasteiger partial charge on any atom is -0.462 e. The summed E-state index contributed by atoms with van der Waals surface area (Å²) >= 11 is 0. The first-order chi connectivity index (χ1) is 26.5. The highest BCUT2D eigenvalue weighted by Gasteiger charge is 2.23.